The summed E-state index contributed by atoms with van der Waals surface area (Å²) in [5, 5.41) is 7.82. The van der Waals surface area contributed by atoms with E-state index in [4.69, 9.17) is 4.52 Å². The van der Waals surface area contributed by atoms with Gasteiger partial charge in [0, 0.05) is 30.5 Å². The van der Waals surface area contributed by atoms with Gasteiger partial charge >= 0.3 is 0 Å². The molecule has 1 aromatic heterocycles. The Morgan fingerprint density at radius 1 is 1.17 bits per heavy atom. The zero-order chi connectivity index (χ0) is 19.9. The van der Waals surface area contributed by atoms with Crippen molar-refractivity contribution in [3.8, 4) is 0 Å². The van der Waals surface area contributed by atoms with Gasteiger partial charge in [-0.25, -0.2) is 0 Å². The Labute approximate surface area is 177 Å². The van der Waals surface area contributed by atoms with Crippen LogP contribution in [0.3, 0.4) is 0 Å². The van der Waals surface area contributed by atoms with Gasteiger partial charge in [-0.2, -0.15) is 0 Å². The van der Waals surface area contributed by atoms with E-state index < -0.39 is 0 Å². The van der Waals surface area contributed by atoms with Crippen molar-refractivity contribution in [2.24, 2.45) is 11.8 Å². The first kappa shape index (κ1) is 20.5. The van der Waals surface area contributed by atoms with Crippen LogP contribution in [0.25, 0.3) is 0 Å². The SMILES string of the molecule is O=C(C[C@@H]1CCNC[C@@H]1Cc1cc(CSc2ccccc2)on1)N1CCCCC1. The van der Waals surface area contributed by atoms with Gasteiger partial charge in [-0.05, 0) is 69.2 Å². The van der Waals surface area contributed by atoms with Crippen molar-refractivity contribution in [1.82, 2.24) is 15.4 Å². The summed E-state index contributed by atoms with van der Waals surface area (Å²) in [4.78, 5) is 16.1. The predicted molar refractivity (Wildman–Crippen MR) is 116 cm³/mol. The number of carbonyl (C=O) groups excluding carboxylic acids is 1. The second-order valence-corrected chi connectivity index (χ2v) is 9.30. The molecule has 0 bridgehead atoms. The maximum absolute atomic E-state index is 12.8. The summed E-state index contributed by atoms with van der Waals surface area (Å²) in [7, 11) is 0. The smallest absolute Gasteiger partial charge is 0.222 e. The molecule has 0 radical (unpaired) electrons. The molecule has 2 aromatic rings. The summed E-state index contributed by atoms with van der Waals surface area (Å²) in [6.07, 6.45) is 6.20. The highest BCUT2D eigenvalue weighted by atomic mass is 32.2. The highest BCUT2D eigenvalue weighted by Crippen LogP contribution is 2.28. The van der Waals surface area contributed by atoms with E-state index in [1.54, 1.807) is 11.8 Å². The molecule has 1 N–H and O–H groups in total. The summed E-state index contributed by atoms with van der Waals surface area (Å²) < 4.78 is 5.57. The van der Waals surface area contributed by atoms with Gasteiger partial charge in [-0.3, -0.25) is 4.79 Å². The Morgan fingerprint density at radius 3 is 2.83 bits per heavy atom. The van der Waals surface area contributed by atoms with Crippen molar-refractivity contribution in [1.29, 1.82) is 0 Å². The number of carbonyl (C=O) groups is 1. The van der Waals surface area contributed by atoms with E-state index in [1.165, 1.54) is 11.3 Å². The van der Waals surface area contributed by atoms with Gasteiger partial charge in [-0.1, -0.05) is 23.4 Å². The molecule has 29 heavy (non-hydrogen) atoms. The Morgan fingerprint density at radius 2 is 2.00 bits per heavy atom. The van der Waals surface area contributed by atoms with Crippen molar-refractivity contribution in [3.63, 3.8) is 0 Å². The Bertz CT molecular complexity index is 773. The summed E-state index contributed by atoms with van der Waals surface area (Å²) in [6, 6.07) is 12.4. The molecule has 2 aliphatic rings. The third-order valence-corrected chi connectivity index (χ3v) is 7.15. The average molecular weight is 414 g/mol. The zero-order valence-electron chi connectivity index (χ0n) is 17.0. The predicted octanol–water partition coefficient (Wildman–Crippen LogP) is 4.14. The van der Waals surface area contributed by atoms with E-state index in [1.807, 2.05) is 6.07 Å². The molecule has 2 saturated heterocycles. The molecule has 2 fully saturated rings. The van der Waals surface area contributed by atoms with Crippen LogP contribution >= 0.6 is 11.8 Å². The maximum Gasteiger partial charge on any atom is 0.222 e. The molecule has 2 atom stereocenters. The third kappa shape index (κ3) is 5.86. The van der Waals surface area contributed by atoms with Crippen molar-refractivity contribution in [2.45, 2.75) is 49.2 Å². The number of aromatic nitrogens is 1. The van der Waals surface area contributed by atoms with E-state index in [2.05, 4.69) is 45.7 Å². The monoisotopic (exact) mass is 413 g/mol. The van der Waals surface area contributed by atoms with E-state index in [-0.39, 0.29) is 0 Å². The lowest BCUT2D eigenvalue weighted by atomic mass is 9.81. The van der Waals surface area contributed by atoms with E-state index in [0.717, 1.165) is 69.1 Å². The molecule has 4 rings (SSSR count). The number of benzene rings is 1. The molecule has 0 spiro atoms. The molecule has 1 amide bonds. The first-order valence-electron chi connectivity index (χ1n) is 10.9. The second-order valence-electron chi connectivity index (χ2n) is 8.25. The lowest BCUT2D eigenvalue weighted by molar-refractivity contribution is -0.133. The summed E-state index contributed by atoms with van der Waals surface area (Å²) >= 11 is 1.76. The van der Waals surface area contributed by atoms with E-state index in [9.17, 15) is 4.79 Å². The summed E-state index contributed by atoms with van der Waals surface area (Å²) in [5.41, 5.74) is 1.01. The van der Waals surface area contributed by atoms with Crippen LogP contribution in [-0.4, -0.2) is 42.1 Å². The van der Waals surface area contributed by atoms with Crippen LogP contribution in [0, 0.1) is 11.8 Å². The molecular weight excluding hydrogens is 382 g/mol. The van der Waals surface area contributed by atoms with Gasteiger partial charge in [0.1, 0.15) is 5.76 Å². The topological polar surface area (TPSA) is 58.4 Å². The van der Waals surface area contributed by atoms with Crippen LogP contribution < -0.4 is 5.32 Å². The van der Waals surface area contributed by atoms with Gasteiger partial charge < -0.3 is 14.7 Å². The highest BCUT2D eigenvalue weighted by Gasteiger charge is 2.30. The number of amides is 1. The van der Waals surface area contributed by atoms with Gasteiger partial charge in [0.2, 0.25) is 5.91 Å². The van der Waals surface area contributed by atoms with Crippen molar-refractivity contribution >= 4 is 17.7 Å². The number of rotatable bonds is 7. The molecule has 0 unspecified atom stereocenters. The Balaban J connectivity index is 1.31. The molecule has 2 aliphatic heterocycles. The van der Waals surface area contributed by atoms with Crippen LogP contribution in [0.5, 0.6) is 0 Å². The van der Waals surface area contributed by atoms with Gasteiger partial charge in [0.15, 0.2) is 0 Å². The number of nitrogens with zero attached hydrogens (tertiary/aromatic N) is 2. The number of piperidine rings is 2. The Kier molecular flexibility index (Phi) is 7.28. The minimum Gasteiger partial charge on any atom is -0.360 e. The number of hydrogen-bond donors (Lipinski definition) is 1. The second kappa shape index (κ2) is 10.3. The minimum absolute atomic E-state index is 0.349. The number of hydrogen-bond acceptors (Lipinski definition) is 5. The zero-order valence-corrected chi connectivity index (χ0v) is 17.8. The van der Waals surface area contributed by atoms with Gasteiger partial charge in [-0.15, -0.1) is 11.8 Å². The van der Waals surface area contributed by atoms with Crippen LogP contribution in [0.2, 0.25) is 0 Å². The number of nitrogens with one attached hydrogen (secondary N) is 1. The standard InChI is InChI=1S/C23H31N3O2S/c27-23(26-11-5-2-6-12-26)14-18-9-10-24-16-19(18)13-20-15-21(28-25-20)17-29-22-7-3-1-4-8-22/h1,3-4,7-8,15,18-19,24H,2,5-6,9-14,16-17H2/t18-,19-/m0/s1. The van der Waals surface area contributed by atoms with Crippen LogP contribution in [0.4, 0.5) is 0 Å². The lowest BCUT2D eigenvalue weighted by Crippen LogP contribution is -2.42. The molecule has 0 saturated carbocycles. The average Bonchev–Trinajstić information content (AvgIpc) is 3.22. The first-order valence-corrected chi connectivity index (χ1v) is 11.9. The van der Waals surface area contributed by atoms with E-state index in [0.29, 0.717) is 24.2 Å². The van der Waals surface area contributed by atoms with Gasteiger partial charge in [0.05, 0.1) is 11.4 Å². The Hall–Kier alpha value is -1.79. The molecule has 0 aliphatic carbocycles. The quantitative estimate of drug-likeness (QED) is 0.692. The van der Waals surface area contributed by atoms with Crippen molar-refractivity contribution in [3.05, 3.63) is 47.9 Å². The van der Waals surface area contributed by atoms with E-state index >= 15 is 0 Å². The minimum atomic E-state index is 0.349. The summed E-state index contributed by atoms with van der Waals surface area (Å²) in [6.45, 7) is 3.85. The van der Waals surface area contributed by atoms with Crippen LogP contribution in [0.1, 0.15) is 43.6 Å². The molecule has 3 heterocycles. The largest absolute Gasteiger partial charge is 0.360 e. The van der Waals surface area contributed by atoms with Crippen LogP contribution in [0.15, 0.2) is 45.8 Å². The number of likely N-dealkylation sites (tertiary alicyclic amines) is 1. The fraction of sp³-hybridized carbons (Fsp3) is 0.565. The maximum atomic E-state index is 12.8. The van der Waals surface area contributed by atoms with Crippen molar-refractivity contribution in [2.75, 3.05) is 26.2 Å². The lowest BCUT2D eigenvalue weighted by Gasteiger charge is -2.34. The molecular formula is C23H31N3O2S. The highest BCUT2D eigenvalue weighted by molar-refractivity contribution is 7.98. The third-order valence-electron chi connectivity index (χ3n) is 6.11. The van der Waals surface area contributed by atoms with Gasteiger partial charge in [0.25, 0.3) is 0 Å². The summed E-state index contributed by atoms with van der Waals surface area (Å²) in [5.74, 6) is 2.93. The number of thioether (sulfide) groups is 1. The van der Waals surface area contributed by atoms with Crippen molar-refractivity contribution < 1.29 is 9.32 Å². The van der Waals surface area contributed by atoms with Crippen LogP contribution in [-0.2, 0) is 17.0 Å². The normalized spacial score (nSPS) is 22.6. The first-order chi connectivity index (χ1) is 14.3. The molecule has 5 nitrogen and oxygen atoms in total. The fourth-order valence-corrected chi connectivity index (χ4v) is 5.24. The molecule has 1 aromatic carbocycles. The molecule has 6 heteroatoms. The fourth-order valence-electron chi connectivity index (χ4n) is 4.44. The molecule has 156 valence electrons.